The second kappa shape index (κ2) is 17.2. The van der Waals surface area contributed by atoms with Crippen molar-refractivity contribution in [2.24, 2.45) is 0 Å². The molecule has 0 N–H and O–H groups in total. The Balaban J connectivity index is 1.60. The van der Waals surface area contributed by atoms with Gasteiger partial charge in [-0.3, -0.25) is 0 Å². The number of ether oxygens (including phenoxy) is 1. The molecule has 6 heteroatoms. The molecule has 0 aliphatic heterocycles. The summed E-state index contributed by atoms with van der Waals surface area (Å²) in [6.07, 6.45) is 0. The fourth-order valence-corrected chi connectivity index (χ4v) is 20.3. The van der Waals surface area contributed by atoms with E-state index < -0.39 is 0 Å². The SMILES string of the molecule is COc1ccc(-c2c([Se]c3ccccc3)c([Se]c3ccccc3)c([Se]c3ccccc3)c([Se]c3ccccc3)c2[Se]c2ccccc2)cc1. The number of hydrogen-bond donors (Lipinski definition) is 0. The van der Waals surface area contributed by atoms with Crippen LogP contribution in [0.1, 0.15) is 0 Å². The fourth-order valence-electron chi connectivity index (χ4n) is 5.16. The molecule has 0 aromatic heterocycles. The number of rotatable bonds is 12. The van der Waals surface area contributed by atoms with Crippen molar-refractivity contribution in [3.05, 3.63) is 176 Å². The summed E-state index contributed by atoms with van der Waals surface area (Å²) in [7, 11) is 1.75. The zero-order valence-electron chi connectivity index (χ0n) is 26.7. The van der Waals surface area contributed by atoms with Gasteiger partial charge in [0.2, 0.25) is 0 Å². The average Bonchev–Trinajstić information content (AvgIpc) is 3.17. The van der Waals surface area contributed by atoms with Gasteiger partial charge in [-0.1, -0.05) is 0 Å². The van der Waals surface area contributed by atoms with E-state index in [9.17, 15) is 0 Å². The van der Waals surface area contributed by atoms with E-state index in [0.29, 0.717) is 0 Å². The van der Waals surface area contributed by atoms with Gasteiger partial charge in [-0.2, -0.15) is 0 Å². The minimum absolute atomic E-state index is 0.101. The molecule has 0 aliphatic carbocycles. The molecule has 1 nitrogen and oxygen atoms in total. The van der Waals surface area contributed by atoms with Crippen molar-refractivity contribution in [3.63, 3.8) is 0 Å². The van der Waals surface area contributed by atoms with Crippen LogP contribution in [0.3, 0.4) is 0 Å². The molecule has 0 aliphatic rings. The predicted octanol–water partition coefficient (Wildman–Crippen LogP) is 1.64. The van der Waals surface area contributed by atoms with Crippen molar-refractivity contribution in [3.8, 4) is 16.9 Å². The summed E-state index contributed by atoms with van der Waals surface area (Å²) in [5, 5.41) is 0. The summed E-state index contributed by atoms with van der Waals surface area (Å²) >= 11 is 0.591. The average molecular weight is 960 g/mol. The van der Waals surface area contributed by atoms with Crippen LogP contribution < -0.4 is 49.4 Å². The van der Waals surface area contributed by atoms with Crippen LogP contribution in [0.5, 0.6) is 5.75 Å². The van der Waals surface area contributed by atoms with E-state index in [0.717, 1.165) is 5.75 Å². The molecule has 7 aromatic carbocycles. The van der Waals surface area contributed by atoms with Gasteiger partial charge in [0, 0.05) is 0 Å². The van der Waals surface area contributed by atoms with Gasteiger partial charge in [0.1, 0.15) is 0 Å². The first kappa shape index (κ1) is 34.4. The van der Waals surface area contributed by atoms with Crippen LogP contribution in [0.4, 0.5) is 0 Å². The van der Waals surface area contributed by atoms with Gasteiger partial charge in [0.05, 0.1) is 0 Å². The first-order valence-electron chi connectivity index (χ1n) is 15.8. The standard InChI is InChI=1S/C43H32OSe5/c1-44-32-29-27-31(28-30-32)38-39(45-33-17-7-2-8-18-33)41(47-35-21-11-4-12-22-35)43(49-37-25-15-6-16-26-37)42(48-36-23-13-5-14-24-36)40(38)46-34-19-9-3-10-20-34/h2-30H,1H3. The Labute approximate surface area is 321 Å². The van der Waals surface area contributed by atoms with Crippen molar-refractivity contribution in [2.45, 2.75) is 0 Å². The van der Waals surface area contributed by atoms with Gasteiger partial charge in [0.25, 0.3) is 0 Å². The zero-order valence-corrected chi connectivity index (χ0v) is 35.3. The van der Waals surface area contributed by atoms with Crippen LogP contribution in [0.15, 0.2) is 176 Å². The third-order valence-corrected chi connectivity index (χ3v) is 21.8. The van der Waals surface area contributed by atoms with E-state index in [1.54, 1.807) is 29.4 Å². The molecule has 49 heavy (non-hydrogen) atoms. The summed E-state index contributed by atoms with van der Waals surface area (Å²) in [5.74, 6) is 0.889. The molecule has 0 unspecified atom stereocenters. The Morgan fingerprint density at radius 3 is 0.857 bits per heavy atom. The van der Waals surface area contributed by atoms with Gasteiger partial charge in [-0.05, 0) is 0 Å². The third-order valence-electron chi connectivity index (χ3n) is 7.47. The summed E-state index contributed by atoms with van der Waals surface area (Å²) in [5.41, 5.74) is 2.74. The maximum atomic E-state index is 5.66. The Morgan fingerprint density at radius 1 is 0.306 bits per heavy atom. The van der Waals surface area contributed by atoms with E-state index >= 15 is 0 Å². The van der Waals surface area contributed by atoms with Gasteiger partial charge < -0.3 is 0 Å². The molecule has 7 rings (SSSR count). The molecule has 240 valence electrons. The van der Waals surface area contributed by atoms with Crippen LogP contribution in [0.2, 0.25) is 0 Å². The van der Waals surface area contributed by atoms with Gasteiger partial charge in [0.15, 0.2) is 0 Å². The molecule has 0 amide bonds. The van der Waals surface area contributed by atoms with E-state index in [1.165, 1.54) is 33.4 Å². The molecule has 0 bridgehead atoms. The van der Waals surface area contributed by atoms with Crippen molar-refractivity contribution in [1.82, 2.24) is 0 Å². The molecule has 0 radical (unpaired) electrons. The van der Waals surface area contributed by atoms with Crippen LogP contribution in [-0.2, 0) is 0 Å². The molecule has 0 saturated carbocycles. The monoisotopic (exact) mass is 964 g/mol. The first-order valence-corrected chi connectivity index (χ1v) is 24.3. The summed E-state index contributed by atoms with van der Waals surface area (Å²) in [4.78, 5) is 0. The summed E-state index contributed by atoms with van der Waals surface area (Å²) in [6, 6.07) is 64.8. The number of benzene rings is 7. The Hall–Kier alpha value is -3.06. The Bertz CT molecular complexity index is 1980. The summed E-state index contributed by atoms with van der Waals surface area (Å²) < 4.78 is 20.6. The normalized spacial score (nSPS) is 11.0. The molecule has 0 fully saturated rings. The third kappa shape index (κ3) is 8.82. The van der Waals surface area contributed by atoms with Crippen LogP contribution in [-0.4, -0.2) is 81.9 Å². The second-order valence-corrected chi connectivity index (χ2v) is 22.2. The van der Waals surface area contributed by atoms with Crippen LogP contribution >= 0.6 is 0 Å². The molecule has 0 atom stereocenters. The molecule has 0 saturated heterocycles. The van der Waals surface area contributed by atoms with E-state index in [1.807, 2.05) is 0 Å². The number of methoxy groups -OCH3 is 1. The van der Waals surface area contributed by atoms with E-state index in [4.69, 9.17) is 4.74 Å². The van der Waals surface area contributed by atoms with Gasteiger partial charge in [-0.25, -0.2) is 0 Å². The molecular weight excluding hydrogens is 927 g/mol. The van der Waals surface area contributed by atoms with Gasteiger partial charge in [-0.15, -0.1) is 0 Å². The van der Waals surface area contributed by atoms with Crippen LogP contribution in [0.25, 0.3) is 11.1 Å². The molecule has 7 aromatic rings. The summed E-state index contributed by atoms with van der Waals surface area (Å²) in [6.45, 7) is 0. The quantitative estimate of drug-likeness (QED) is 0.170. The minimum atomic E-state index is 0.101. The molecule has 0 heterocycles. The van der Waals surface area contributed by atoms with Crippen molar-refractivity contribution in [1.29, 1.82) is 0 Å². The topological polar surface area (TPSA) is 9.23 Å². The molecular formula is C43H32OSe5. The first-order chi connectivity index (χ1) is 24.2. The van der Waals surface area contributed by atoms with Crippen LogP contribution in [0, 0.1) is 0 Å². The second-order valence-electron chi connectivity index (χ2n) is 10.8. The van der Waals surface area contributed by atoms with Crippen molar-refractivity contribution < 1.29 is 4.74 Å². The van der Waals surface area contributed by atoms with Crippen molar-refractivity contribution >= 4 is 119 Å². The van der Waals surface area contributed by atoms with E-state index in [-0.39, 0.29) is 74.8 Å². The maximum absolute atomic E-state index is 5.66. The Morgan fingerprint density at radius 2 is 0.571 bits per heavy atom. The molecule has 0 spiro atoms. The Kier molecular flexibility index (Phi) is 12.1. The van der Waals surface area contributed by atoms with Crippen molar-refractivity contribution in [2.75, 3.05) is 7.11 Å². The fraction of sp³-hybridized carbons (Fsp3) is 0.0233. The zero-order chi connectivity index (χ0) is 33.3. The van der Waals surface area contributed by atoms with Gasteiger partial charge >= 0.3 is 324 Å². The number of hydrogen-bond acceptors (Lipinski definition) is 1. The van der Waals surface area contributed by atoms with E-state index in [2.05, 4.69) is 176 Å². The predicted molar refractivity (Wildman–Crippen MR) is 216 cm³/mol.